The Bertz CT molecular complexity index is 586. The highest BCUT2D eigenvalue weighted by atomic mass is 35.5. The van der Waals surface area contributed by atoms with Crippen LogP contribution in [0.3, 0.4) is 0 Å². The molecule has 0 unspecified atom stereocenters. The van der Waals surface area contributed by atoms with Gasteiger partial charge in [-0.1, -0.05) is 23.2 Å². The van der Waals surface area contributed by atoms with Crippen LogP contribution < -0.4 is 5.32 Å². The monoisotopic (exact) mass is 297 g/mol. The van der Waals surface area contributed by atoms with Gasteiger partial charge in [0.05, 0.1) is 11.4 Å². The first-order valence-corrected chi connectivity index (χ1v) is 6.39. The van der Waals surface area contributed by atoms with Gasteiger partial charge in [-0.2, -0.15) is 0 Å². The lowest BCUT2D eigenvalue weighted by molar-refractivity contribution is 0.471. The molecule has 0 spiro atoms. The van der Waals surface area contributed by atoms with Crippen LogP contribution in [-0.2, 0) is 0 Å². The molecular formula is C14H13Cl2NO2. The van der Waals surface area contributed by atoms with E-state index < -0.39 is 0 Å². The van der Waals surface area contributed by atoms with E-state index in [1.165, 1.54) is 0 Å². The molecule has 2 aromatic rings. The molecule has 0 atom stereocenters. The first-order valence-electron chi connectivity index (χ1n) is 5.63. The number of aromatic hydroxyl groups is 2. The van der Waals surface area contributed by atoms with Gasteiger partial charge in [0.1, 0.15) is 11.5 Å². The van der Waals surface area contributed by atoms with Crippen LogP contribution >= 0.6 is 23.2 Å². The number of aryl methyl sites for hydroxylation is 2. The summed E-state index contributed by atoms with van der Waals surface area (Å²) in [4.78, 5) is 0. The van der Waals surface area contributed by atoms with Crippen molar-refractivity contribution in [1.82, 2.24) is 0 Å². The molecule has 0 amide bonds. The van der Waals surface area contributed by atoms with E-state index in [-0.39, 0.29) is 11.5 Å². The second-order valence-electron chi connectivity index (χ2n) is 4.36. The lowest BCUT2D eigenvalue weighted by Gasteiger charge is -2.13. The molecule has 5 heteroatoms. The third-order valence-corrected chi connectivity index (χ3v) is 3.24. The molecule has 0 aromatic heterocycles. The van der Waals surface area contributed by atoms with E-state index in [9.17, 15) is 10.2 Å². The van der Waals surface area contributed by atoms with Crippen molar-refractivity contribution >= 4 is 34.6 Å². The first-order chi connectivity index (χ1) is 8.88. The van der Waals surface area contributed by atoms with Crippen molar-refractivity contribution in [2.24, 2.45) is 0 Å². The molecule has 0 bridgehead atoms. The Hall–Kier alpha value is -1.58. The molecule has 100 valence electrons. The number of hydrogen-bond donors (Lipinski definition) is 3. The summed E-state index contributed by atoms with van der Waals surface area (Å²) in [7, 11) is 0. The molecule has 2 rings (SSSR count). The lowest BCUT2D eigenvalue weighted by atomic mass is 10.1. The van der Waals surface area contributed by atoms with Crippen LogP contribution in [-0.4, -0.2) is 10.2 Å². The maximum absolute atomic E-state index is 9.98. The summed E-state index contributed by atoms with van der Waals surface area (Å²) in [5.41, 5.74) is 2.13. The molecule has 0 saturated carbocycles. The Morgan fingerprint density at radius 2 is 1.16 bits per heavy atom. The predicted molar refractivity (Wildman–Crippen MR) is 79.0 cm³/mol. The van der Waals surface area contributed by atoms with Gasteiger partial charge in [0.15, 0.2) is 0 Å². The molecule has 0 aliphatic carbocycles. The zero-order valence-electron chi connectivity index (χ0n) is 10.5. The lowest BCUT2D eigenvalue weighted by Crippen LogP contribution is -1.94. The topological polar surface area (TPSA) is 52.5 Å². The minimum Gasteiger partial charge on any atom is -0.505 e. The zero-order chi connectivity index (χ0) is 14.2. The molecular weight excluding hydrogens is 285 g/mol. The SMILES string of the molecule is Cc1cc(Cl)cc(Nc2cc(Cl)cc(C)c2O)c1O. The van der Waals surface area contributed by atoms with Crippen molar-refractivity contribution in [1.29, 1.82) is 0 Å². The van der Waals surface area contributed by atoms with E-state index in [4.69, 9.17) is 23.2 Å². The number of rotatable bonds is 2. The van der Waals surface area contributed by atoms with Crippen LogP contribution in [0.1, 0.15) is 11.1 Å². The van der Waals surface area contributed by atoms with Crippen molar-refractivity contribution < 1.29 is 10.2 Å². The van der Waals surface area contributed by atoms with E-state index in [0.717, 1.165) is 0 Å². The highest BCUT2D eigenvalue weighted by Gasteiger charge is 2.11. The highest BCUT2D eigenvalue weighted by molar-refractivity contribution is 6.31. The summed E-state index contributed by atoms with van der Waals surface area (Å²) in [6, 6.07) is 6.48. The van der Waals surface area contributed by atoms with Gasteiger partial charge in [0.2, 0.25) is 0 Å². The van der Waals surface area contributed by atoms with Crippen LogP contribution in [0, 0.1) is 13.8 Å². The summed E-state index contributed by atoms with van der Waals surface area (Å²) in [5, 5.41) is 23.9. The van der Waals surface area contributed by atoms with Crippen LogP contribution in [0.15, 0.2) is 24.3 Å². The molecule has 0 aliphatic heterocycles. The van der Waals surface area contributed by atoms with E-state index in [0.29, 0.717) is 32.5 Å². The number of benzene rings is 2. The van der Waals surface area contributed by atoms with E-state index in [1.54, 1.807) is 38.1 Å². The number of phenolic OH excluding ortho intramolecular Hbond substituents is 2. The maximum Gasteiger partial charge on any atom is 0.142 e. The molecule has 3 nitrogen and oxygen atoms in total. The number of phenols is 2. The number of nitrogens with one attached hydrogen (secondary N) is 1. The van der Waals surface area contributed by atoms with Crippen molar-refractivity contribution in [3.8, 4) is 11.5 Å². The van der Waals surface area contributed by atoms with Gasteiger partial charge in [0.25, 0.3) is 0 Å². The predicted octanol–water partition coefficient (Wildman–Crippen LogP) is 4.77. The van der Waals surface area contributed by atoms with Gasteiger partial charge in [0, 0.05) is 10.0 Å². The third kappa shape index (κ3) is 2.88. The first kappa shape index (κ1) is 13.8. The van der Waals surface area contributed by atoms with Crippen LogP contribution in [0.25, 0.3) is 0 Å². The van der Waals surface area contributed by atoms with E-state index in [2.05, 4.69) is 5.32 Å². The summed E-state index contributed by atoms with van der Waals surface area (Å²) in [5.74, 6) is 0.169. The van der Waals surface area contributed by atoms with Crippen molar-refractivity contribution in [2.45, 2.75) is 13.8 Å². The normalized spacial score (nSPS) is 10.5. The van der Waals surface area contributed by atoms with Gasteiger partial charge in [-0.15, -0.1) is 0 Å². The molecule has 3 N–H and O–H groups in total. The standard InChI is InChI=1S/C14H13Cl2NO2/c1-7-3-9(15)5-11(13(7)18)17-12-6-10(16)4-8(2)14(12)19/h3-6,17-19H,1-2H3. The minimum absolute atomic E-state index is 0.0847. The fourth-order valence-corrected chi connectivity index (χ4v) is 2.35. The van der Waals surface area contributed by atoms with Crippen molar-refractivity contribution in [3.63, 3.8) is 0 Å². The summed E-state index contributed by atoms with van der Waals surface area (Å²) >= 11 is 11.9. The summed E-state index contributed by atoms with van der Waals surface area (Å²) < 4.78 is 0. The molecule has 0 saturated heterocycles. The second-order valence-corrected chi connectivity index (χ2v) is 5.24. The Morgan fingerprint density at radius 3 is 1.53 bits per heavy atom. The number of halogens is 2. The molecule has 0 fully saturated rings. The molecule has 2 aromatic carbocycles. The average molecular weight is 298 g/mol. The second kappa shape index (κ2) is 5.19. The van der Waals surface area contributed by atoms with Gasteiger partial charge in [-0.3, -0.25) is 0 Å². The van der Waals surface area contributed by atoms with Crippen LogP contribution in [0.2, 0.25) is 10.0 Å². The van der Waals surface area contributed by atoms with E-state index in [1.807, 2.05) is 0 Å². The number of anilines is 2. The molecule has 0 heterocycles. The largest absolute Gasteiger partial charge is 0.505 e. The fraction of sp³-hybridized carbons (Fsp3) is 0.143. The molecule has 0 aliphatic rings. The molecule has 0 radical (unpaired) electrons. The third-order valence-electron chi connectivity index (χ3n) is 2.80. The van der Waals surface area contributed by atoms with E-state index >= 15 is 0 Å². The van der Waals surface area contributed by atoms with Crippen molar-refractivity contribution in [2.75, 3.05) is 5.32 Å². The quantitative estimate of drug-likeness (QED) is 0.700. The van der Waals surface area contributed by atoms with Crippen LogP contribution in [0.5, 0.6) is 11.5 Å². The summed E-state index contributed by atoms with van der Waals surface area (Å²) in [6.07, 6.45) is 0. The Balaban J connectivity index is 2.47. The average Bonchev–Trinajstić information content (AvgIpc) is 2.31. The van der Waals surface area contributed by atoms with Crippen LogP contribution in [0.4, 0.5) is 11.4 Å². The van der Waals surface area contributed by atoms with Gasteiger partial charge in [-0.25, -0.2) is 0 Å². The Morgan fingerprint density at radius 1 is 0.789 bits per heavy atom. The maximum atomic E-state index is 9.98. The Kier molecular flexibility index (Phi) is 3.78. The van der Waals surface area contributed by atoms with Gasteiger partial charge >= 0.3 is 0 Å². The highest BCUT2D eigenvalue weighted by Crippen LogP contribution is 2.38. The zero-order valence-corrected chi connectivity index (χ0v) is 12.0. The van der Waals surface area contributed by atoms with Gasteiger partial charge in [-0.05, 0) is 49.2 Å². The van der Waals surface area contributed by atoms with Gasteiger partial charge < -0.3 is 15.5 Å². The molecule has 19 heavy (non-hydrogen) atoms. The van der Waals surface area contributed by atoms with Crippen molar-refractivity contribution in [3.05, 3.63) is 45.4 Å². The summed E-state index contributed by atoms with van der Waals surface area (Å²) in [6.45, 7) is 3.49. The number of hydrogen-bond acceptors (Lipinski definition) is 3. The fourth-order valence-electron chi connectivity index (χ4n) is 1.81. The Labute approximate surface area is 121 Å². The minimum atomic E-state index is 0.0847. The smallest absolute Gasteiger partial charge is 0.142 e.